The van der Waals surface area contributed by atoms with Crippen molar-refractivity contribution in [2.24, 2.45) is 0 Å². The number of carbonyl (C=O) groups is 2. The van der Waals surface area contributed by atoms with Crippen molar-refractivity contribution in [3.63, 3.8) is 0 Å². The zero-order chi connectivity index (χ0) is 15.2. The molecule has 0 aromatic heterocycles. The van der Waals surface area contributed by atoms with Crippen LogP contribution in [0.15, 0.2) is 0 Å². The zero-order valence-corrected chi connectivity index (χ0v) is 15.7. The molecule has 2 rings (SSSR count). The molecule has 0 saturated carbocycles. The molecule has 0 aliphatic carbocycles. The number of nitrogens with zero attached hydrogens (tertiary/aromatic N) is 2. The van der Waals surface area contributed by atoms with Gasteiger partial charge in [-0.1, -0.05) is 6.42 Å². The highest BCUT2D eigenvalue weighted by atomic mass is 35.5. The van der Waals surface area contributed by atoms with Gasteiger partial charge in [0.1, 0.15) is 0 Å². The van der Waals surface area contributed by atoms with Crippen molar-refractivity contribution in [2.75, 3.05) is 40.3 Å². The molecule has 2 heterocycles. The third-order valence-electron chi connectivity index (χ3n) is 4.42. The molecule has 1 atom stereocenters. The molecule has 0 aromatic rings. The van der Waals surface area contributed by atoms with E-state index < -0.39 is 0 Å². The molecule has 2 aliphatic heterocycles. The fourth-order valence-corrected chi connectivity index (χ4v) is 2.95. The lowest BCUT2D eigenvalue weighted by Crippen LogP contribution is -2.52. The summed E-state index contributed by atoms with van der Waals surface area (Å²) in [6.45, 7) is 3.19. The first kappa shape index (κ1) is 22.4. The molecule has 0 bridgehead atoms. The largest absolute Gasteiger partial charge is 0.352 e. The van der Waals surface area contributed by atoms with Crippen molar-refractivity contribution in [1.82, 2.24) is 20.4 Å². The second-order valence-electron chi connectivity index (χ2n) is 6.35. The lowest BCUT2D eigenvalue weighted by atomic mass is 10.0. The minimum atomic E-state index is -0.00732. The van der Waals surface area contributed by atoms with E-state index in [2.05, 4.69) is 15.5 Å². The minimum absolute atomic E-state index is 0. The Hall–Kier alpha value is -0.560. The van der Waals surface area contributed by atoms with Gasteiger partial charge in [-0.05, 0) is 32.2 Å². The Balaban J connectivity index is 0.00000242. The van der Waals surface area contributed by atoms with Crippen molar-refractivity contribution < 1.29 is 9.59 Å². The van der Waals surface area contributed by atoms with Crippen molar-refractivity contribution in [2.45, 2.75) is 44.2 Å². The van der Waals surface area contributed by atoms with Gasteiger partial charge in [0.25, 0.3) is 0 Å². The van der Waals surface area contributed by atoms with Crippen LogP contribution < -0.4 is 10.6 Å². The quantitative estimate of drug-likeness (QED) is 0.764. The second-order valence-corrected chi connectivity index (χ2v) is 6.35. The van der Waals surface area contributed by atoms with Crippen LogP contribution in [0.4, 0.5) is 0 Å². The molecule has 2 N–H and O–H groups in total. The number of amides is 2. The molecular weight excluding hydrogens is 339 g/mol. The monoisotopic (exact) mass is 368 g/mol. The van der Waals surface area contributed by atoms with Crippen LogP contribution in [0.3, 0.4) is 0 Å². The highest BCUT2D eigenvalue weighted by Crippen LogP contribution is 2.12. The topological polar surface area (TPSA) is 64.7 Å². The first-order chi connectivity index (χ1) is 10.1. The molecule has 136 valence electrons. The molecule has 0 radical (unpaired) electrons. The lowest BCUT2D eigenvalue weighted by molar-refractivity contribution is -0.130. The number of nitrogens with one attached hydrogen (secondary N) is 2. The molecule has 2 aliphatic rings. The first-order valence-electron chi connectivity index (χ1n) is 8.02. The molecular formula is C15H30Cl2N4O2. The summed E-state index contributed by atoms with van der Waals surface area (Å²) >= 11 is 0. The number of piperidine rings is 2. The SMILES string of the molecule is CN(C)C(=O)CN1CCC(NC(=O)[C@H]2CCCCN2)CC1.Cl.Cl. The van der Waals surface area contributed by atoms with Crippen molar-refractivity contribution in [3.05, 3.63) is 0 Å². The average Bonchev–Trinajstić information content (AvgIpc) is 2.50. The molecule has 23 heavy (non-hydrogen) atoms. The fourth-order valence-electron chi connectivity index (χ4n) is 2.95. The molecule has 2 saturated heterocycles. The summed E-state index contributed by atoms with van der Waals surface area (Å²) in [6.07, 6.45) is 5.11. The molecule has 0 spiro atoms. The molecule has 0 aromatic carbocycles. The van der Waals surface area contributed by atoms with E-state index in [-0.39, 0.29) is 48.7 Å². The van der Waals surface area contributed by atoms with Crippen molar-refractivity contribution >= 4 is 36.6 Å². The summed E-state index contributed by atoms with van der Waals surface area (Å²) in [5.41, 5.74) is 0. The normalized spacial score (nSPS) is 22.4. The predicted octanol–water partition coefficient (Wildman–Crippen LogP) is 0.641. The fraction of sp³-hybridized carbons (Fsp3) is 0.867. The van der Waals surface area contributed by atoms with E-state index in [0.29, 0.717) is 6.54 Å². The number of halogens is 2. The number of likely N-dealkylation sites (N-methyl/N-ethyl adjacent to an activating group) is 1. The third-order valence-corrected chi connectivity index (χ3v) is 4.42. The average molecular weight is 369 g/mol. The van der Waals surface area contributed by atoms with E-state index in [9.17, 15) is 9.59 Å². The van der Waals surface area contributed by atoms with Gasteiger partial charge < -0.3 is 15.5 Å². The Labute approximate surface area is 151 Å². The third kappa shape index (κ3) is 7.25. The van der Waals surface area contributed by atoms with Gasteiger partial charge in [0.15, 0.2) is 0 Å². The van der Waals surface area contributed by atoms with E-state index in [0.717, 1.165) is 45.3 Å². The molecule has 0 unspecified atom stereocenters. The number of hydrogen-bond donors (Lipinski definition) is 2. The standard InChI is InChI=1S/C15H28N4O2.2ClH/c1-18(2)14(20)11-19-9-6-12(7-10-19)17-15(21)13-5-3-4-8-16-13;;/h12-13,16H,3-11H2,1-2H3,(H,17,21);2*1H/t13-;;/m1../s1. The highest BCUT2D eigenvalue weighted by Gasteiger charge is 2.26. The van der Waals surface area contributed by atoms with Gasteiger partial charge in [-0.3, -0.25) is 14.5 Å². The maximum atomic E-state index is 12.2. The van der Waals surface area contributed by atoms with Crippen LogP contribution in [-0.4, -0.2) is 74.0 Å². The van der Waals surface area contributed by atoms with E-state index in [4.69, 9.17) is 0 Å². The van der Waals surface area contributed by atoms with Crippen LogP contribution in [-0.2, 0) is 9.59 Å². The van der Waals surface area contributed by atoms with Crippen LogP contribution in [0.5, 0.6) is 0 Å². The van der Waals surface area contributed by atoms with Gasteiger partial charge in [-0.25, -0.2) is 0 Å². The molecule has 8 heteroatoms. The maximum absolute atomic E-state index is 12.2. The van der Waals surface area contributed by atoms with Gasteiger partial charge in [0.2, 0.25) is 11.8 Å². The lowest BCUT2D eigenvalue weighted by Gasteiger charge is -2.33. The van der Waals surface area contributed by atoms with E-state index in [1.807, 2.05) is 0 Å². The van der Waals surface area contributed by atoms with Crippen LogP contribution in [0.2, 0.25) is 0 Å². The van der Waals surface area contributed by atoms with Gasteiger partial charge in [0.05, 0.1) is 12.6 Å². The smallest absolute Gasteiger partial charge is 0.237 e. The number of carbonyl (C=O) groups excluding carboxylic acids is 2. The number of likely N-dealkylation sites (tertiary alicyclic amines) is 1. The Kier molecular flexibility index (Phi) is 10.8. The first-order valence-corrected chi connectivity index (χ1v) is 8.02. The van der Waals surface area contributed by atoms with Crippen LogP contribution in [0.1, 0.15) is 32.1 Å². The predicted molar refractivity (Wildman–Crippen MR) is 96.4 cm³/mol. The van der Waals surface area contributed by atoms with Crippen LogP contribution in [0.25, 0.3) is 0 Å². The van der Waals surface area contributed by atoms with Crippen LogP contribution in [0, 0.1) is 0 Å². The number of hydrogen-bond acceptors (Lipinski definition) is 4. The summed E-state index contributed by atoms with van der Waals surface area (Å²) in [5.74, 6) is 0.293. The molecule has 2 amide bonds. The minimum Gasteiger partial charge on any atom is -0.352 e. The summed E-state index contributed by atoms with van der Waals surface area (Å²) in [6, 6.07) is 0.249. The van der Waals surface area contributed by atoms with E-state index in [1.54, 1.807) is 19.0 Å². The Morgan fingerprint density at radius 2 is 1.78 bits per heavy atom. The van der Waals surface area contributed by atoms with Gasteiger partial charge in [-0.15, -0.1) is 24.8 Å². The van der Waals surface area contributed by atoms with Gasteiger partial charge in [0, 0.05) is 33.2 Å². The van der Waals surface area contributed by atoms with Crippen molar-refractivity contribution in [1.29, 1.82) is 0 Å². The maximum Gasteiger partial charge on any atom is 0.237 e. The zero-order valence-electron chi connectivity index (χ0n) is 14.0. The van der Waals surface area contributed by atoms with E-state index >= 15 is 0 Å². The molecule has 2 fully saturated rings. The molecule has 6 nitrogen and oxygen atoms in total. The highest BCUT2D eigenvalue weighted by molar-refractivity contribution is 5.85. The summed E-state index contributed by atoms with van der Waals surface area (Å²) in [5, 5.41) is 6.44. The number of rotatable bonds is 4. The second kappa shape index (κ2) is 11.1. The Morgan fingerprint density at radius 3 is 2.30 bits per heavy atom. The summed E-state index contributed by atoms with van der Waals surface area (Å²) in [7, 11) is 3.57. The Morgan fingerprint density at radius 1 is 1.13 bits per heavy atom. The van der Waals surface area contributed by atoms with Gasteiger partial charge in [-0.2, -0.15) is 0 Å². The summed E-state index contributed by atoms with van der Waals surface area (Å²) in [4.78, 5) is 27.6. The van der Waals surface area contributed by atoms with Crippen molar-refractivity contribution in [3.8, 4) is 0 Å². The van der Waals surface area contributed by atoms with Gasteiger partial charge >= 0.3 is 0 Å². The van der Waals surface area contributed by atoms with E-state index in [1.165, 1.54) is 6.42 Å². The van der Waals surface area contributed by atoms with Crippen LogP contribution >= 0.6 is 24.8 Å². The summed E-state index contributed by atoms with van der Waals surface area (Å²) < 4.78 is 0. The Bertz CT molecular complexity index is 368.